The highest BCUT2D eigenvalue weighted by atomic mass is 35.5. The molecule has 0 spiro atoms. The lowest BCUT2D eigenvalue weighted by Gasteiger charge is -2.01. The van der Waals surface area contributed by atoms with E-state index in [1.165, 1.54) is 11.3 Å². The fourth-order valence-corrected chi connectivity index (χ4v) is 3.65. The van der Waals surface area contributed by atoms with Gasteiger partial charge in [0.05, 0.1) is 0 Å². The molecule has 0 aliphatic carbocycles. The maximum atomic E-state index is 6.24. The van der Waals surface area contributed by atoms with E-state index in [2.05, 4.69) is 15.3 Å². The molecule has 114 valence electrons. The Morgan fingerprint density at radius 2 is 1.83 bits per heavy atom. The summed E-state index contributed by atoms with van der Waals surface area (Å²) >= 11 is 13.7. The van der Waals surface area contributed by atoms with Crippen LogP contribution in [0.5, 0.6) is 0 Å². The first-order valence-electron chi connectivity index (χ1n) is 6.91. The molecule has 0 saturated carbocycles. The molecule has 4 nitrogen and oxygen atoms in total. The van der Waals surface area contributed by atoms with Gasteiger partial charge in [-0.2, -0.15) is 9.61 Å². The second-order valence-electron chi connectivity index (χ2n) is 4.99. The minimum absolute atomic E-state index is 0.628. The molecule has 0 bridgehead atoms. The largest absolute Gasteiger partial charge is 0.234 e. The van der Waals surface area contributed by atoms with Crippen molar-refractivity contribution in [1.82, 2.24) is 19.8 Å². The Balaban J connectivity index is 1.71. The highest BCUT2D eigenvalue weighted by molar-refractivity contribution is 7.16. The predicted octanol–water partition coefficient (Wildman–Crippen LogP) is 4.75. The number of nitrogens with zero attached hydrogens (tertiary/aromatic N) is 4. The zero-order valence-corrected chi connectivity index (χ0v) is 14.1. The standard InChI is InChI=1S/C16H10Cl2N4S/c17-12-7-6-11(13(18)9-12)8-14-21-22-15(19-20-16(22)23-14)10-4-2-1-3-5-10/h1-7,9H,8H2. The third-order valence-electron chi connectivity index (χ3n) is 3.42. The van der Waals surface area contributed by atoms with Crippen LogP contribution in [0.1, 0.15) is 10.6 Å². The maximum absolute atomic E-state index is 6.24. The van der Waals surface area contributed by atoms with Crippen molar-refractivity contribution in [2.24, 2.45) is 0 Å². The van der Waals surface area contributed by atoms with Gasteiger partial charge in [0.1, 0.15) is 5.01 Å². The summed E-state index contributed by atoms with van der Waals surface area (Å²) in [5, 5.41) is 15.3. The van der Waals surface area contributed by atoms with Crippen molar-refractivity contribution >= 4 is 39.5 Å². The Hall–Kier alpha value is -1.95. The highest BCUT2D eigenvalue weighted by Crippen LogP contribution is 2.26. The number of hydrogen-bond acceptors (Lipinski definition) is 4. The zero-order valence-electron chi connectivity index (χ0n) is 11.8. The summed E-state index contributed by atoms with van der Waals surface area (Å²) in [7, 11) is 0. The molecule has 0 saturated heterocycles. The van der Waals surface area contributed by atoms with Crippen LogP contribution in [-0.4, -0.2) is 19.8 Å². The second-order valence-corrected chi connectivity index (χ2v) is 6.88. The third-order valence-corrected chi connectivity index (χ3v) is 4.91. The van der Waals surface area contributed by atoms with E-state index in [9.17, 15) is 0 Å². The first-order valence-corrected chi connectivity index (χ1v) is 8.48. The van der Waals surface area contributed by atoms with Crippen molar-refractivity contribution < 1.29 is 0 Å². The average Bonchev–Trinajstić information content (AvgIpc) is 3.11. The molecule has 2 aromatic heterocycles. The third kappa shape index (κ3) is 2.83. The molecule has 0 atom stereocenters. The number of hydrogen-bond donors (Lipinski definition) is 0. The van der Waals surface area contributed by atoms with E-state index in [0.29, 0.717) is 16.5 Å². The van der Waals surface area contributed by atoms with E-state index >= 15 is 0 Å². The number of rotatable bonds is 3. The maximum Gasteiger partial charge on any atom is 0.234 e. The monoisotopic (exact) mass is 360 g/mol. The number of halogens is 2. The predicted molar refractivity (Wildman–Crippen MR) is 93.4 cm³/mol. The van der Waals surface area contributed by atoms with E-state index in [1.54, 1.807) is 10.6 Å². The van der Waals surface area contributed by atoms with Gasteiger partial charge in [0.2, 0.25) is 4.96 Å². The van der Waals surface area contributed by atoms with Crippen molar-refractivity contribution in [3.05, 3.63) is 69.1 Å². The van der Waals surface area contributed by atoms with Gasteiger partial charge in [-0.1, -0.05) is 70.9 Å². The summed E-state index contributed by atoms with van der Waals surface area (Å²) in [6.45, 7) is 0. The molecule has 4 aromatic rings. The Morgan fingerprint density at radius 1 is 1.00 bits per heavy atom. The van der Waals surface area contributed by atoms with E-state index < -0.39 is 0 Å². The second kappa shape index (κ2) is 5.92. The van der Waals surface area contributed by atoms with Crippen LogP contribution >= 0.6 is 34.5 Å². The van der Waals surface area contributed by atoms with Crippen LogP contribution in [0.15, 0.2) is 48.5 Å². The molecule has 0 N–H and O–H groups in total. The topological polar surface area (TPSA) is 43.1 Å². The van der Waals surface area contributed by atoms with E-state index in [1.807, 2.05) is 42.5 Å². The fourth-order valence-electron chi connectivity index (χ4n) is 2.32. The number of aromatic nitrogens is 4. The summed E-state index contributed by atoms with van der Waals surface area (Å²) in [6, 6.07) is 15.4. The van der Waals surface area contributed by atoms with Gasteiger partial charge in [0.25, 0.3) is 0 Å². The van der Waals surface area contributed by atoms with Crippen molar-refractivity contribution in [1.29, 1.82) is 0 Å². The molecule has 7 heteroatoms. The molecule has 0 amide bonds. The highest BCUT2D eigenvalue weighted by Gasteiger charge is 2.14. The molecule has 2 aromatic carbocycles. The minimum atomic E-state index is 0.628. The van der Waals surface area contributed by atoms with Crippen molar-refractivity contribution in [3.63, 3.8) is 0 Å². The number of benzene rings is 2. The van der Waals surface area contributed by atoms with Gasteiger partial charge in [-0.05, 0) is 17.7 Å². The first kappa shape index (κ1) is 14.6. The van der Waals surface area contributed by atoms with Gasteiger partial charge in [-0.3, -0.25) is 0 Å². The molecule has 0 fully saturated rings. The lowest BCUT2D eigenvalue weighted by molar-refractivity contribution is 0.918. The Bertz CT molecular complexity index is 978. The molecule has 2 heterocycles. The molecule has 0 aliphatic rings. The lowest BCUT2D eigenvalue weighted by atomic mass is 10.2. The quantitative estimate of drug-likeness (QED) is 0.529. The zero-order chi connectivity index (χ0) is 15.8. The Morgan fingerprint density at radius 3 is 2.61 bits per heavy atom. The minimum Gasteiger partial charge on any atom is -0.183 e. The molecule has 0 aliphatic heterocycles. The molecule has 23 heavy (non-hydrogen) atoms. The van der Waals surface area contributed by atoms with Gasteiger partial charge in [-0.25, -0.2) is 0 Å². The van der Waals surface area contributed by atoms with Gasteiger partial charge >= 0.3 is 0 Å². The summed E-state index contributed by atoms with van der Waals surface area (Å²) in [5.74, 6) is 0.741. The van der Waals surface area contributed by atoms with Crippen LogP contribution in [0.2, 0.25) is 10.0 Å². The normalized spacial score (nSPS) is 11.2. The van der Waals surface area contributed by atoms with Crippen LogP contribution in [0, 0.1) is 0 Å². The van der Waals surface area contributed by atoms with E-state index in [-0.39, 0.29) is 0 Å². The Kier molecular flexibility index (Phi) is 3.77. The summed E-state index contributed by atoms with van der Waals surface area (Å²) in [4.78, 5) is 0.768. The molecule has 0 radical (unpaired) electrons. The lowest BCUT2D eigenvalue weighted by Crippen LogP contribution is -1.94. The van der Waals surface area contributed by atoms with Crippen LogP contribution < -0.4 is 0 Å². The van der Waals surface area contributed by atoms with E-state index in [0.717, 1.165) is 26.9 Å². The Labute approximate surface area is 146 Å². The van der Waals surface area contributed by atoms with Gasteiger partial charge in [-0.15, -0.1) is 10.2 Å². The van der Waals surface area contributed by atoms with Crippen LogP contribution in [0.4, 0.5) is 0 Å². The summed E-state index contributed by atoms with van der Waals surface area (Å²) < 4.78 is 1.78. The number of fused-ring (bicyclic) bond motifs is 1. The fraction of sp³-hybridized carbons (Fsp3) is 0.0625. The molecular weight excluding hydrogens is 351 g/mol. The molecular formula is C16H10Cl2N4S. The van der Waals surface area contributed by atoms with Gasteiger partial charge in [0.15, 0.2) is 5.82 Å². The van der Waals surface area contributed by atoms with Crippen molar-refractivity contribution in [2.45, 2.75) is 6.42 Å². The van der Waals surface area contributed by atoms with Crippen LogP contribution in [0.25, 0.3) is 16.3 Å². The first-order chi connectivity index (χ1) is 11.2. The molecule has 0 unspecified atom stereocenters. The van der Waals surface area contributed by atoms with Crippen molar-refractivity contribution in [3.8, 4) is 11.4 Å². The van der Waals surface area contributed by atoms with Crippen LogP contribution in [-0.2, 0) is 6.42 Å². The SMILES string of the molecule is Clc1ccc(Cc2nn3c(-c4ccccc4)nnc3s2)c(Cl)c1. The molecule has 4 rings (SSSR count). The van der Waals surface area contributed by atoms with Crippen LogP contribution in [0.3, 0.4) is 0 Å². The average molecular weight is 361 g/mol. The smallest absolute Gasteiger partial charge is 0.183 e. The van der Waals surface area contributed by atoms with Crippen molar-refractivity contribution in [2.75, 3.05) is 0 Å². The summed E-state index contributed by atoms with van der Waals surface area (Å²) in [6.07, 6.45) is 0.637. The van der Waals surface area contributed by atoms with Gasteiger partial charge in [0, 0.05) is 22.0 Å². The van der Waals surface area contributed by atoms with E-state index in [4.69, 9.17) is 23.2 Å². The summed E-state index contributed by atoms with van der Waals surface area (Å²) in [5.41, 5.74) is 1.98. The van der Waals surface area contributed by atoms with Gasteiger partial charge < -0.3 is 0 Å².